The van der Waals surface area contributed by atoms with Crippen LogP contribution in [0.1, 0.15) is 42.6 Å². The van der Waals surface area contributed by atoms with Crippen LogP contribution in [-0.2, 0) is 0 Å². The molecule has 0 bridgehead atoms. The summed E-state index contributed by atoms with van der Waals surface area (Å²) in [5, 5.41) is 9.83. The Morgan fingerprint density at radius 2 is 1.89 bits per heavy atom. The minimum Gasteiger partial charge on any atom is -0.419 e. The van der Waals surface area contributed by atoms with E-state index in [0.29, 0.717) is 17.7 Å². The van der Waals surface area contributed by atoms with E-state index in [4.69, 9.17) is 9.40 Å². The van der Waals surface area contributed by atoms with Gasteiger partial charge in [-0.3, -0.25) is 4.90 Å². The third-order valence-electron chi connectivity index (χ3n) is 5.48. The zero-order chi connectivity index (χ0) is 18.9. The number of fused-ring (bicyclic) bond motifs is 1. The van der Waals surface area contributed by atoms with Crippen molar-refractivity contribution in [3.05, 3.63) is 65.5 Å². The van der Waals surface area contributed by atoms with Gasteiger partial charge in [0.15, 0.2) is 0 Å². The Morgan fingerprint density at radius 3 is 2.75 bits per heavy atom. The molecule has 28 heavy (non-hydrogen) atoms. The van der Waals surface area contributed by atoms with Crippen LogP contribution in [0.25, 0.3) is 21.7 Å². The average Bonchev–Trinajstić information content (AvgIpc) is 3.41. The molecule has 0 aliphatic carbocycles. The van der Waals surface area contributed by atoms with Gasteiger partial charge >= 0.3 is 0 Å². The number of piperidine rings is 1. The van der Waals surface area contributed by atoms with Crippen LogP contribution in [0.5, 0.6) is 0 Å². The minimum atomic E-state index is 0.0992. The third-order valence-corrected chi connectivity index (χ3v) is 6.68. The summed E-state index contributed by atoms with van der Waals surface area (Å²) >= 11 is 1.83. The normalized spacial score (nSPS) is 19.1. The molecule has 4 aromatic rings. The number of thiazole rings is 1. The number of hydrogen-bond donors (Lipinski definition) is 0. The fraction of sp³-hybridized carbons (Fsp3) is 0.318. The zero-order valence-corrected chi connectivity index (χ0v) is 16.6. The van der Waals surface area contributed by atoms with E-state index in [1.165, 1.54) is 16.1 Å². The second-order valence-electron chi connectivity index (χ2n) is 7.34. The van der Waals surface area contributed by atoms with Crippen LogP contribution in [-0.4, -0.2) is 33.2 Å². The molecule has 0 radical (unpaired) electrons. The van der Waals surface area contributed by atoms with Crippen molar-refractivity contribution >= 4 is 21.6 Å². The lowest BCUT2D eigenvalue weighted by Crippen LogP contribution is -2.36. The topological polar surface area (TPSA) is 55.1 Å². The molecule has 0 N–H and O–H groups in total. The van der Waals surface area contributed by atoms with Crippen molar-refractivity contribution in [3.8, 4) is 11.5 Å². The van der Waals surface area contributed by atoms with Crippen molar-refractivity contribution in [3.63, 3.8) is 0 Å². The molecule has 142 valence electrons. The fourth-order valence-electron chi connectivity index (χ4n) is 3.88. The third kappa shape index (κ3) is 3.34. The maximum absolute atomic E-state index is 6.00. The highest BCUT2D eigenvalue weighted by Gasteiger charge is 2.29. The van der Waals surface area contributed by atoms with Crippen LogP contribution in [0.4, 0.5) is 0 Å². The predicted molar refractivity (Wildman–Crippen MR) is 111 cm³/mol. The lowest BCUT2D eigenvalue weighted by atomic mass is 9.97. The number of benzene rings is 2. The van der Waals surface area contributed by atoms with Gasteiger partial charge in [0.05, 0.1) is 21.3 Å². The first-order chi connectivity index (χ1) is 13.8. The van der Waals surface area contributed by atoms with Gasteiger partial charge in [-0.05, 0) is 50.6 Å². The van der Waals surface area contributed by atoms with Crippen molar-refractivity contribution in [2.24, 2.45) is 0 Å². The van der Waals surface area contributed by atoms with Crippen molar-refractivity contribution in [1.82, 2.24) is 20.1 Å². The Morgan fingerprint density at radius 1 is 1.07 bits per heavy atom. The molecular weight excluding hydrogens is 368 g/mol. The first kappa shape index (κ1) is 17.5. The van der Waals surface area contributed by atoms with Crippen molar-refractivity contribution in [1.29, 1.82) is 0 Å². The number of para-hydroxylation sites is 1. The van der Waals surface area contributed by atoms with Gasteiger partial charge in [-0.1, -0.05) is 30.3 Å². The molecule has 0 saturated carbocycles. The summed E-state index contributed by atoms with van der Waals surface area (Å²) in [5.74, 6) is 1.73. The molecule has 5 nitrogen and oxygen atoms in total. The Balaban J connectivity index is 1.34. The molecule has 3 heterocycles. The monoisotopic (exact) mass is 390 g/mol. The number of aromatic nitrogens is 3. The van der Waals surface area contributed by atoms with Crippen LogP contribution in [0.2, 0.25) is 0 Å². The van der Waals surface area contributed by atoms with E-state index in [9.17, 15) is 0 Å². The van der Waals surface area contributed by atoms with Gasteiger partial charge < -0.3 is 4.42 Å². The predicted octanol–water partition coefficient (Wildman–Crippen LogP) is 5.29. The summed E-state index contributed by atoms with van der Waals surface area (Å²) in [6.07, 6.45) is 2.34. The summed E-state index contributed by atoms with van der Waals surface area (Å²) in [4.78, 5) is 7.33. The van der Waals surface area contributed by atoms with E-state index in [1.807, 2.05) is 41.7 Å². The number of hydrogen-bond acceptors (Lipinski definition) is 6. The number of nitrogens with zero attached hydrogens (tertiary/aromatic N) is 4. The van der Waals surface area contributed by atoms with E-state index in [1.54, 1.807) is 0 Å². The Hall–Kier alpha value is -2.57. The highest BCUT2D eigenvalue weighted by molar-refractivity contribution is 7.18. The fourth-order valence-corrected chi connectivity index (χ4v) is 4.97. The molecule has 5 rings (SSSR count). The molecule has 0 unspecified atom stereocenters. The lowest BCUT2D eigenvalue weighted by molar-refractivity contribution is 0.139. The molecule has 2 aromatic carbocycles. The van der Waals surface area contributed by atoms with Gasteiger partial charge in [-0.25, -0.2) is 4.98 Å². The van der Waals surface area contributed by atoms with Crippen molar-refractivity contribution in [2.75, 3.05) is 13.1 Å². The van der Waals surface area contributed by atoms with E-state index in [-0.39, 0.29) is 6.04 Å². The van der Waals surface area contributed by atoms with Crippen LogP contribution < -0.4 is 0 Å². The molecule has 0 amide bonds. The van der Waals surface area contributed by atoms with Gasteiger partial charge in [-0.15, -0.1) is 21.5 Å². The maximum Gasteiger partial charge on any atom is 0.247 e. The molecular formula is C22H22N4OS. The minimum absolute atomic E-state index is 0.0992. The summed E-state index contributed by atoms with van der Waals surface area (Å²) in [7, 11) is 0. The van der Waals surface area contributed by atoms with Gasteiger partial charge in [-0.2, -0.15) is 0 Å². The average molecular weight is 391 g/mol. The Kier molecular flexibility index (Phi) is 4.66. The van der Waals surface area contributed by atoms with Gasteiger partial charge in [0.25, 0.3) is 0 Å². The molecule has 1 aliphatic rings. The molecule has 2 atom stereocenters. The highest BCUT2D eigenvalue weighted by atomic mass is 32.1. The Labute approximate surface area is 168 Å². The molecule has 0 spiro atoms. The van der Waals surface area contributed by atoms with Gasteiger partial charge in [0.1, 0.15) is 0 Å². The van der Waals surface area contributed by atoms with Crippen molar-refractivity contribution < 1.29 is 4.42 Å². The summed E-state index contributed by atoms with van der Waals surface area (Å²) < 4.78 is 7.27. The summed E-state index contributed by atoms with van der Waals surface area (Å²) in [5.41, 5.74) is 2.07. The van der Waals surface area contributed by atoms with Gasteiger partial charge in [0, 0.05) is 18.0 Å². The smallest absolute Gasteiger partial charge is 0.247 e. The van der Waals surface area contributed by atoms with E-state index >= 15 is 0 Å². The second-order valence-corrected chi connectivity index (χ2v) is 8.40. The van der Waals surface area contributed by atoms with Crippen LogP contribution >= 0.6 is 11.3 Å². The standard InChI is InChI=1S/C22H22N4OS/c1-15(20-24-25-21(27-20)16-8-3-2-4-9-16)26-13-7-10-17(14-26)22-23-18-11-5-6-12-19(18)28-22/h2-6,8-9,11-12,15,17H,7,10,13-14H2,1H3/t15-,17-/m0/s1. The zero-order valence-electron chi connectivity index (χ0n) is 15.8. The molecule has 1 saturated heterocycles. The largest absolute Gasteiger partial charge is 0.419 e. The first-order valence-electron chi connectivity index (χ1n) is 9.76. The number of likely N-dealkylation sites (tertiary alicyclic amines) is 1. The summed E-state index contributed by atoms with van der Waals surface area (Å²) in [6, 6.07) is 18.4. The van der Waals surface area contributed by atoms with Crippen molar-refractivity contribution in [2.45, 2.75) is 31.7 Å². The molecule has 1 fully saturated rings. The molecule has 2 aromatic heterocycles. The number of rotatable bonds is 4. The van der Waals surface area contributed by atoms with Crippen LogP contribution in [0.3, 0.4) is 0 Å². The quantitative estimate of drug-likeness (QED) is 0.474. The molecule has 1 aliphatic heterocycles. The summed E-state index contributed by atoms with van der Waals surface area (Å²) in [6.45, 7) is 4.18. The van der Waals surface area contributed by atoms with E-state index in [2.05, 4.69) is 46.3 Å². The highest BCUT2D eigenvalue weighted by Crippen LogP contribution is 2.35. The van der Waals surface area contributed by atoms with Crippen LogP contribution in [0.15, 0.2) is 59.0 Å². The lowest BCUT2D eigenvalue weighted by Gasteiger charge is -2.34. The second kappa shape index (κ2) is 7.45. The van der Waals surface area contributed by atoms with Crippen LogP contribution in [0, 0.1) is 0 Å². The maximum atomic E-state index is 6.00. The van der Waals surface area contributed by atoms with E-state index < -0.39 is 0 Å². The Bertz CT molecular complexity index is 1040. The first-order valence-corrected chi connectivity index (χ1v) is 10.6. The van der Waals surface area contributed by atoms with Gasteiger partial charge in [0.2, 0.25) is 11.8 Å². The van der Waals surface area contributed by atoms with E-state index in [0.717, 1.165) is 30.6 Å². The molecule has 6 heteroatoms. The SMILES string of the molecule is C[C@@H](c1nnc(-c2ccccc2)o1)N1CCC[C@H](c2nc3ccccc3s2)C1.